The third-order valence-corrected chi connectivity index (χ3v) is 3.03. The van der Waals surface area contributed by atoms with Gasteiger partial charge in [0.05, 0.1) is 6.10 Å². The molecule has 0 aliphatic rings. The molecule has 1 amide bonds. The first kappa shape index (κ1) is 14.1. The van der Waals surface area contributed by atoms with Crippen LogP contribution < -0.4 is 10.5 Å². The van der Waals surface area contributed by atoms with Gasteiger partial charge in [-0.05, 0) is 48.4 Å². The number of ether oxygens (including phenoxy) is 1. The van der Waals surface area contributed by atoms with E-state index in [0.717, 1.165) is 5.56 Å². The first-order valence-electron chi connectivity index (χ1n) is 6.46. The molecule has 2 aromatic carbocycles. The zero-order chi connectivity index (χ0) is 14.5. The van der Waals surface area contributed by atoms with Crippen molar-refractivity contribution >= 4 is 5.91 Å². The van der Waals surface area contributed by atoms with Crippen molar-refractivity contribution in [3.63, 3.8) is 0 Å². The lowest BCUT2D eigenvalue weighted by Gasteiger charge is -2.10. The normalized spacial score (nSPS) is 11.9. The molecule has 104 valence electrons. The summed E-state index contributed by atoms with van der Waals surface area (Å²) in [5, 5.41) is 9.71. The van der Waals surface area contributed by atoms with E-state index in [1.807, 2.05) is 19.1 Å². The van der Waals surface area contributed by atoms with Gasteiger partial charge in [-0.3, -0.25) is 4.79 Å². The second-order valence-corrected chi connectivity index (χ2v) is 4.48. The lowest BCUT2D eigenvalue weighted by atomic mass is 10.1. The molecule has 0 saturated carbocycles. The second-order valence-electron chi connectivity index (χ2n) is 4.48. The molecule has 0 spiro atoms. The van der Waals surface area contributed by atoms with Crippen LogP contribution in [0.5, 0.6) is 11.5 Å². The number of benzene rings is 2. The number of carbonyl (C=O) groups excluding carboxylic acids is 1. The SMILES string of the molecule is CCC(O)c1ccc(Oc2ccc(C(N)=O)cc2)cc1. The molecule has 20 heavy (non-hydrogen) atoms. The highest BCUT2D eigenvalue weighted by Crippen LogP contribution is 2.24. The van der Waals surface area contributed by atoms with Crippen LogP contribution in [0.2, 0.25) is 0 Å². The molecule has 0 heterocycles. The Hall–Kier alpha value is -2.33. The van der Waals surface area contributed by atoms with E-state index in [-0.39, 0.29) is 0 Å². The summed E-state index contributed by atoms with van der Waals surface area (Å²) in [4.78, 5) is 11.0. The van der Waals surface area contributed by atoms with Gasteiger partial charge in [-0.1, -0.05) is 19.1 Å². The van der Waals surface area contributed by atoms with E-state index in [2.05, 4.69) is 0 Å². The van der Waals surface area contributed by atoms with Crippen LogP contribution in [-0.2, 0) is 0 Å². The fourth-order valence-electron chi connectivity index (χ4n) is 1.82. The van der Waals surface area contributed by atoms with Crippen molar-refractivity contribution in [3.8, 4) is 11.5 Å². The average Bonchev–Trinajstić information content (AvgIpc) is 2.48. The molecule has 0 bridgehead atoms. The van der Waals surface area contributed by atoms with E-state index in [1.54, 1.807) is 36.4 Å². The minimum absolute atomic E-state index is 0.443. The molecule has 4 nitrogen and oxygen atoms in total. The zero-order valence-corrected chi connectivity index (χ0v) is 11.2. The molecule has 0 saturated heterocycles. The number of primary amides is 1. The maximum atomic E-state index is 11.0. The van der Waals surface area contributed by atoms with Gasteiger partial charge in [0.2, 0.25) is 5.91 Å². The van der Waals surface area contributed by atoms with Gasteiger partial charge in [0.25, 0.3) is 0 Å². The minimum atomic E-state index is -0.463. The standard InChI is InChI=1S/C16H17NO3/c1-2-15(18)11-3-7-13(8-4-11)20-14-9-5-12(6-10-14)16(17)19/h3-10,15,18H,2H2,1H3,(H2,17,19). The van der Waals surface area contributed by atoms with Crippen LogP contribution in [0.25, 0.3) is 0 Å². The highest BCUT2D eigenvalue weighted by atomic mass is 16.5. The number of aliphatic hydroxyl groups is 1. The van der Waals surface area contributed by atoms with Crippen molar-refractivity contribution in [1.82, 2.24) is 0 Å². The Morgan fingerprint density at radius 1 is 1.10 bits per heavy atom. The van der Waals surface area contributed by atoms with Gasteiger partial charge in [0.15, 0.2) is 0 Å². The van der Waals surface area contributed by atoms with Gasteiger partial charge in [-0.15, -0.1) is 0 Å². The van der Waals surface area contributed by atoms with E-state index in [4.69, 9.17) is 10.5 Å². The predicted molar refractivity (Wildman–Crippen MR) is 76.7 cm³/mol. The molecular weight excluding hydrogens is 254 g/mol. The van der Waals surface area contributed by atoms with E-state index in [1.165, 1.54) is 0 Å². The molecule has 2 rings (SSSR count). The van der Waals surface area contributed by atoms with Crippen molar-refractivity contribution < 1.29 is 14.6 Å². The van der Waals surface area contributed by atoms with Gasteiger partial charge in [0.1, 0.15) is 11.5 Å². The van der Waals surface area contributed by atoms with E-state index < -0.39 is 12.0 Å². The molecule has 3 N–H and O–H groups in total. The number of rotatable bonds is 5. The van der Waals surface area contributed by atoms with Crippen molar-refractivity contribution in [1.29, 1.82) is 0 Å². The second kappa shape index (κ2) is 6.21. The number of carbonyl (C=O) groups is 1. The van der Waals surface area contributed by atoms with Crippen molar-refractivity contribution in [2.45, 2.75) is 19.4 Å². The van der Waals surface area contributed by atoms with Crippen LogP contribution >= 0.6 is 0 Å². The number of hydrogen-bond acceptors (Lipinski definition) is 3. The minimum Gasteiger partial charge on any atom is -0.457 e. The molecule has 0 aromatic heterocycles. The number of aliphatic hydroxyl groups excluding tert-OH is 1. The summed E-state index contributed by atoms with van der Waals surface area (Å²) >= 11 is 0. The Balaban J connectivity index is 2.08. The van der Waals surface area contributed by atoms with E-state index in [9.17, 15) is 9.90 Å². The fourth-order valence-corrected chi connectivity index (χ4v) is 1.82. The van der Waals surface area contributed by atoms with Crippen LogP contribution in [0, 0.1) is 0 Å². The van der Waals surface area contributed by atoms with Crippen molar-refractivity contribution in [3.05, 3.63) is 59.7 Å². The zero-order valence-electron chi connectivity index (χ0n) is 11.2. The lowest BCUT2D eigenvalue weighted by molar-refractivity contribution is 0.100. The molecule has 2 aromatic rings. The highest BCUT2D eigenvalue weighted by Gasteiger charge is 2.05. The van der Waals surface area contributed by atoms with Crippen LogP contribution in [0.4, 0.5) is 0 Å². The topological polar surface area (TPSA) is 72.6 Å². The Morgan fingerprint density at radius 2 is 1.60 bits per heavy atom. The van der Waals surface area contributed by atoms with Crippen molar-refractivity contribution in [2.75, 3.05) is 0 Å². The highest BCUT2D eigenvalue weighted by molar-refractivity contribution is 5.92. The van der Waals surface area contributed by atoms with Crippen LogP contribution in [0.15, 0.2) is 48.5 Å². The summed E-state index contributed by atoms with van der Waals surface area (Å²) < 4.78 is 5.65. The van der Waals surface area contributed by atoms with Gasteiger partial charge >= 0.3 is 0 Å². The molecule has 0 aliphatic heterocycles. The quantitative estimate of drug-likeness (QED) is 0.878. The Morgan fingerprint density at radius 3 is 2.05 bits per heavy atom. The van der Waals surface area contributed by atoms with Crippen LogP contribution in [-0.4, -0.2) is 11.0 Å². The Kier molecular flexibility index (Phi) is 4.38. The summed E-state index contributed by atoms with van der Waals surface area (Å²) in [6.45, 7) is 1.93. The smallest absolute Gasteiger partial charge is 0.248 e. The summed E-state index contributed by atoms with van der Waals surface area (Å²) in [5.41, 5.74) is 6.48. The Labute approximate surface area is 117 Å². The molecular formula is C16H17NO3. The maximum Gasteiger partial charge on any atom is 0.248 e. The number of hydrogen-bond donors (Lipinski definition) is 2. The molecule has 1 unspecified atom stereocenters. The maximum absolute atomic E-state index is 11.0. The Bertz CT molecular complexity index is 576. The first-order valence-corrected chi connectivity index (χ1v) is 6.46. The van der Waals surface area contributed by atoms with E-state index in [0.29, 0.717) is 23.5 Å². The molecule has 1 atom stereocenters. The molecule has 0 aliphatic carbocycles. The molecule has 4 heteroatoms. The summed E-state index contributed by atoms with van der Waals surface area (Å²) in [5.74, 6) is 0.831. The molecule has 0 fully saturated rings. The lowest BCUT2D eigenvalue weighted by Crippen LogP contribution is -2.10. The monoisotopic (exact) mass is 271 g/mol. The number of nitrogens with two attached hydrogens (primary N) is 1. The van der Waals surface area contributed by atoms with Gasteiger partial charge < -0.3 is 15.6 Å². The summed E-state index contributed by atoms with van der Waals surface area (Å²) in [7, 11) is 0. The van der Waals surface area contributed by atoms with Crippen LogP contribution in [0.1, 0.15) is 35.4 Å². The first-order chi connectivity index (χ1) is 9.60. The van der Waals surface area contributed by atoms with E-state index >= 15 is 0 Å². The van der Waals surface area contributed by atoms with Gasteiger partial charge in [-0.25, -0.2) is 0 Å². The third kappa shape index (κ3) is 3.36. The largest absolute Gasteiger partial charge is 0.457 e. The van der Waals surface area contributed by atoms with Crippen molar-refractivity contribution in [2.24, 2.45) is 5.73 Å². The average molecular weight is 271 g/mol. The molecule has 0 radical (unpaired) electrons. The van der Waals surface area contributed by atoms with Crippen LogP contribution in [0.3, 0.4) is 0 Å². The van der Waals surface area contributed by atoms with Gasteiger partial charge in [-0.2, -0.15) is 0 Å². The predicted octanol–water partition coefficient (Wildman–Crippen LogP) is 3.02. The summed E-state index contributed by atoms with van der Waals surface area (Å²) in [6.07, 6.45) is 0.230. The summed E-state index contributed by atoms with van der Waals surface area (Å²) in [6, 6.07) is 13.9. The fraction of sp³-hybridized carbons (Fsp3) is 0.188. The van der Waals surface area contributed by atoms with Gasteiger partial charge in [0, 0.05) is 5.56 Å². The third-order valence-electron chi connectivity index (χ3n) is 3.03. The number of amides is 1.